The van der Waals surface area contributed by atoms with E-state index in [1.54, 1.807) is 0 Å². The Morgan fingerprint density at radius 3 is 2.06 bits per heavy atom. The van der Waals surface area contributed by atoms with Crippen LogP contribution in [0.5, 0.6) is 0 Å². The van der Waals surface area contributed by atoms with Gasteiger partial charge in [-0.1, -0.05) is 20.8 Å². The minimum absolute atomic E-state index is 0.0697. The average molecular weight is 244 g/mol. The summed E-state index contributed by atoms with van der Waals surface area (Å²) < 4.78 is 11.7. The van der Waals surface area contributed by atoms with Crippen molar-refractivity contribution < 1.29 is 14.6 Å². The largest absolute Gasteiger partial charge is 0.394 e. The number of hydrogen-bond acceptors (Lipinski definition) is 3. The number of aliphatic hydroxyl groups is 1. The van der Waals surface area contributed by atoms with Crippen molar-refractivity contribution in [1.29, 1.82) is 0 Å². The second-order valence-corrected chi connectivity index (χ2v) is 5.85. The molecule has 0 bridgehead atoms. The maximum atomic E-state index is 8.89. The van der Waals surface area contributed by atoms with Crippen molar-refractivity contribution in [2.75, 3.05) is 13.2 Å². The van der Waals surface area contributed by atoms with E-state index in [4.69, 9.17) is 14.6 Å². The minimum atomic E-state index is -0.0984. The average Bonchev–Trinajstić information content (AvgIpc) is 3.05. The third-order valence-corrected chi connectivity index (χ3v) is 3.88. The second kappa shape index (κ2) is 6.17. The Morgan fingerprint density at radius 2 is 1.65 bits per heavy atom. The highest BCUT2D eigenvalue weighted by atomic mass is 16.6. The first kappa shape index (κ1) is 14.9. The molecule has 1 fully saturated rings. The lowest BCUT2D eigenvalue weighted by Gasteiger charge is -2.30. The highest BCUT2D eigenvalue weighted by Crippen LogP contribution is 2.49. The van der Waals surface area contributed by atoms with Crippen LogP contribution in [0.15, 0.2) is 0 Å². The van der Waals surface area contributed by atoms with Crippen LogP contribution in [0.2, 0.25) is 0 Å². The molecule has 1 saturated carbocycles. The van der Waals surface area contributed by atoms with E-state index in [0.29, 0.717) is 18.4 Å². The van der Waals surface area contributed by atoms with Crippen molar-refractivity contribution in [3.05, 3.63) is 0 Å². The molecule has 102 valence electrons. The van der Waals surface area contributed by atoms with Crippen molar-refractivity contribution in [3.8, 4) is 0 Å². The molecular formula is C14H28O3. The predicted molar refractivity (Wildman–Crippen MR) is 69.0 cm³/mol. The van der Waals surface area contributed by atoms with E-state index in [9.17, 15) is 0 Å². The van der Waals surface area contributed by atoms with E-state index in [1.807, 2.05) is 6.92 Å². The molecule has 0 aromatic rings. The zero-order valence-corrected chi connectivity index (χ0v) is 11.9. The van der Waals surface area contributed by atoms with Gasteiger partial charge in [0.05, 0.1) is 31.0 Å². The normalized spacial score (nSPS) is 23.5. The molecule has 3 nitrogen and oxygen atoms in total. The standard InChI is InChI=1S/C14H28O3/c1-10(2)13(5)14(6-7-14)17-12(4)9-16-11(3)8-15/h10-13,15H,6-9H2,1-5H3. The fourth-order valence-electron chi connectivity index (χ4n) is 2.20. The summed E-state index contributed by atoms with van der Waals surface area (Å²) in [6, 6.07) is 0. The van der Waals surface area contributed by atoms with E-state index in [-0.39, 0.29) is 24.4 Å². The SMILES string of the molecule is CC(CO)OCC(C)OC1(C(C)C(C)C)CC1. The number of hydrogen-bond donors (Lipinski definition) is 1. The van der Waals surface area contributed by atoms with E-state index in [1.165, 1.54) is 12.8 Å². The molecule has 17 heavy (non-hydrogen) atoms. The topological polar surface area (TPSA) is 38.7 Å². The zero-order valence-electron chi connectivity index (χ0n) is 11.9. The Bertz CT molecular complexity index is 224. The lowest BCUT2D eigenvalue weighted by molar-refractivity contribution is -0.104. The van der Waals surface area contributed by atoms with Crippen LogP contribution in [0, 0.1) is 11.8 Å². The van der Waals surface area contributed by atoms with Crippen LogP contribution >= 0.6 is 0 Å². The van der Waals surface area contributed by atoms with Crippen LogP contribution in [0.1, 0.15) is 47.5 Å². The molecule has 3 unspecified atom stereocenters. The molecule has 0 aromatic heterocycles. The quantitative estimate of drug-likeness (QED) is 0.713. The molecule has 0 spiro atoms. The van der Waals surface area contributed by atoms with Crippen LogP contribution in [0.3, 0.4) is 0 Å². The van der Waals surface area contributed by atoms with Gasteiger partial charge in [-0.2, -0.15) is 0 Å². The van der Waals surface area contributed by atoms with Gasteiger partial charge < -0.3 is 14.6 Å². The molecule has 0 radical (unpaired) electrons. The van der Waals surface area contributed by atoms with Crippen LogP contribution in [0.4, 0.5) is 0 Å². The van der Waals surface area contributed by atoms with Crippen molar-refractivity contribution in [2.45, 2.75) is 65.3 Å². The highest BCUT2D eigenvalue weighted by Gasteiger charge is 2.50. The van der Waals surface area contributed by atoms with Crippen LogP contribution < -0.4 is 0 Å². The molecule has 3 heteroatoms. The van der Waals surface area contributed by atoms with Gasteiger partial charge in [0.15, 0.2) is 0 Å². The van der Waals surface area contributed by atoms with E-state index in [0.717, 1.165) is 0 Å². The molecule has 3 atom stereocenters. The van der Waals surface area contributed by atoms with E-state index in [2.05, 4.69) is 27.7 Å². The van der Waals surface area contributed by atoms with Gasteiger partial charge in [-0.25, -0.2) is 0 Å². The summed E-state index contributed by atoms with van der Waals surface area (Å²) in [6.07, 6.45) is 2.35. The Balaban J connectivity index is 2.33. The van der Waals surface area contributed by atoms with Crippen molar-refractivity contribution in [2.24, 2.45) is 11.8 Å². The smallest absolute Gasteiger partial charge is 0.0788 e. The lowest BCUT2D eigenvalue weighted by Crippen LogP contribution is -2.34. The van der Waals surface area contributed by atoms with Crippen LogP contribution in [-0.2, 0) is 9.47 Å². The van der Waals surface area contributed by atoms with Gasteiger partial charge in [-0.15, -0.1) is 0 Å². The maximum Gasteiger partial charge on any atom is 0.0788 e. The fraction of sp³-hybridized carbons (Fsp3) is 1.00. The van der Waals surface area contributed by atoms with Crippen molar-refractivity contribution >= 4 is 0 Å². The summed E-state index contributed by atoms with van der Waals surface area (Å²) in [5, 5.41) is 8.89. The minimum Gasteiger partial charge on any atom is -0.394 e. The number of aliphatic hydroxyl groups excluding tert-OH is 1. The monoisotopic (exact) mass is 244 g/mol. The summed E-state index contributed by atoms with van der Waals surface area (Å²) in [7, 11) is 0. The van der Waals surface area contributed by atoms with Crippen molar-refractivity contribution in [1.82, 2.24) is 0 Å². The fourth-order valence-corrected chi connectivity index (χ4v) is 2.20. The van der Waals surface area contributed by atoms with Gasteiger partial charge in [0, 0.05) is 0 Å². The number of rotatable bonds is 8. The van der Waals surface area contributed by atoms with E-state index < -0.39 is 0 Å². The third-order valence-electron chi connectivity index (χ3n) is 3.88. The zero-order chi connectivity index (χ0) is 13.1. The molecular weight excluding hydrogens is 216 g/mol. The summed E-state index contributed by atoms with van der Waals surface area (Å²) in [4.78, 5) is 0. The maximum absolute atomic E-state index is 8.89. The molecule has 0 saturated heterocycles. The first-order valence-corrected chi connectivity index (χ1v) is 6.81. The first-order valence-electron chi connectivity index (χ1n) is 6.81. The Morgan fingerprint density at radius 1 is 1.06 bits per heavy atom. The van der Waals surface area contributed by atoms with Gasteiger partial charge in [-0.05, 0) is 38.5 Å². The van der Waals surface area contributed by atoms with Gasteiger partial charge in [0.25, 0.3) is 0 Å². The summed E-state index contributed by atoms with van der Waals surface area (Å²) >= 11 is 0. The molecule has 0 aliphatic heterocycles. The van der Waals surface area contributed by atoms with Crippen LogP contribution in [-0.4, -0.2) is 36.1 Å². The van der Waals surface area contributed by atoms with Gasteiger partial charge in [0.2, 0.25) is 0 Å². The van der Waals surface area contributed by atoms with Crippen LogP contribution in [0.25, 0.3) is 0 Å². The molecule has 1 aliphatic rings. The van der Waals surface area contributed by atoms with Gasteiger partial charge in [0.1, 0.15) is 0 Å². The predicted octanol–water partition coefficient (Wildman–Crippen LogP) is 2.61. The Kier molecular flexibility index (Phi) is 5.42. The number of ether oxygens (including phenoxy) is 2. The molecule has 0 heterocycles. The van der Waals surface area contributed by atoms with Gasteiger partial charge in [-0.3, -0.25) is 0 Å². The third kappa shape index (κ3) is 4.23. The molecule has 1 N–H and O–H groups in total. The summed E-state index contributed by atoms with van der Waals surface area (Å²) in [5.41, 5.74) is 0.0966. The summed E-state index contributed by atoms with van der Waals surface area (Å²) in [6.45, 7) is 11.3. The van der Waals surface area contributed by atoms with Crippen molar-refractivity contribution in [3.63, 3.8) is 0 Å². The highest BCUT2D eigenvalue weighted by molar-refractivity contribution is 5.01. The molecule has 0 amide bonds. The second-order valence-electron chi connectivity index (χ2n) is 5.85. The van der Waals surface area contributed by atoms with Gasteiger partial charge >= 0.3 is 0 Å². The molecule has 1 aliphatic carbocycles. The first-order chi connectivity index (χ1) is 7.91. The van der Waals surface area contributed by atoms with E-state index >= 15 is 0 Å². The molecule has 0 aromatic carbocycles. The Labute approximate surface area is 105 Å². The summed E-state index contributed by atoms with van der Waals surface area (Å²) in [5.74, 6) is 1.25. The lowest BCUT2D eigenvalue weighted by atomic mass is 9.90. The molecule has 1 rings (SSSR count). The Hall–Kier alpha value is -0.120.